The highest BCUT2D eigenvalue weighted by atomic mass is 19.1. The van der Waals surface area contributed by atoms with Gasteiger partial charge in [0.25, 0.3) is 0 Å². The summed E-state index contributed by atoms with van der Waals surface area (Å²) in [6, 6.07) is 11.7. The first-order chi connectivity index (χ1) is 9.49. The largest absolute Gasteiger partial charge is 0.457 e. The second-order valence-electron chi connectivity index (χ2n) is 5.06. The lowest BCUT2D eigenvalue weighted by atomic mass is 9.98. The standard InChI is InChI=1S/C17H16FNO/c1-11(2)17-5-4-15(6-12(17)3)20-16-8-13(10-19)7-14(18)9-16/h4-9,11H,1-3H3. The Morgan fingerprint density at radius 2 is 1.85 bits per heavy atom. The number of halogens is 1. The van der Waals surface area contributed by atoms with Gasteiger partial charge in [0.2, 0.25) is 0 Å². The molecule has 0 aliphatic carbocycles. The highest BCUT2D eigenvalue weighted by Crippen LogP contribution is 2.28. The van der Waals surface area contributed by atoms with Gasteiger partial charge in [-0.05, 0) is 48.2 Å². The van der Waals surface area contributed by atoms with Crippen LogP contribution in [-0.2, 0) is 0 Å². The molecular weight excluding hydrogens is 253 g/mol. The summed E-state index contributed by atoms with van der Waals surface area (Å²) in [4.78, 5) is 0. The monoisotopic (exact) mass is 269 g/mol. The molecule has 2 aromatic carbocycles. The topological polar surface area (TPSA) is 33.0 Å². The Morgan fingerprint density at radius 3 is 2.45 bits per heavy atom. The minimum absolute atomic E-state index is 0.246. The van der Waals surface area contributed by atoms with Crippen LogP contribution in [0.1, 0.15) is 36.5 Å². The molecule has 2 nitrogen and oxygen atoms in total. The summed E-state index contributed by atoms with van der Waals surface area (Å²) in [5.41, 5.74) is 2.64. The Hall–Kier alpha value is -2.34. The molecule has 0 N–H and O–H groups in total. The van der Waals surface area contributed by atoms with E-state index in [4.69, 9.17) is 10.00 Å². The van der Waals surface area contributed by atoms with Crippen molar-refractivity contribution in [3.63, 3.8) is 0 Å². The van der Waals surface area contributed by atoms with Crippen LogP contribution in [0.25, 0.3) is 0 Å². The molecule has 0 heterocycles. The number of benzene rings is 2. The van der Waals surface area contributed by atoms with Crippen LogP contribution in [0.5, 0.6) is 11.5 Å². The molecule has 3 heteroatoms. The van der Waals surface area contributed by atoms with Crippen molar-refractivity contribution < 1.29 is 9.13 Å². The number of nitriles is 1. The predicted octanol–water partition coefficient (Wildman–Crippen LogP) is 4.92. The van der Waals surface area contributed by atoms with Gasteiger partial charge in [-0.1, -0.05) is 19.9 Å². The molecule has 0 saturated heterocycles. The molecule has 2 aromatic rings. The SMILES string of the molecule is Cc1cc(Oc2cc(F)cc(C#N)c2)ccc1C(C)C. The molecule has 0 fully saturated rings. The number of hydrogen-bond acceptors (Lipinski definition) is 2. The molecule has 102 valence electrons. The third kappa shape index (κ3) is 3.16. The number of rotatable bonds is 3. The molecule has 0 radical (unpaired) electrons. The van der Waals surface area contributed by atoms with Crippen LogP contribution in [0.15, 0.2) is 36.4 Å². The lowest BCUT2D eigenvalue weighted by Crippen LogP contribution is -1.93. The third-order valence-electron chi connectivity index (χ3n) is 3.10. The highest BCUT2D eigenvalue weighted by Gasteiger charge is 2.07. The Bertz CT molecular complexity index is 671. The van der Waals surface area contributed by atoms with Crippen molar-refractivity contribution in [1.82, 2.24) is 0 Å². The van der Waals surface area contributed by atoms with Crippen LogP contribution in [-0.4, -0.2) is 0 Å². The van der Waals surface area contributed by atoms with Crippen molar-refractivity contribution in [1.29, 1.82) is 5.26 Å². The Labute approximate surface area is 118 Å². The first-order valence-corrected chi connectivity index (χ1v) is 6.48. The molecule has 0 aromatic heterocycles. The van der Waals surface area contributed by atoms with E-state index in [1.165, 1.54) is 23.8 Å². The molecule has 0 atom stereocenters. The van der Waals surface area contributed by atoms with Crippen LogP contribution in [0.4, 0.5) is 4.39 Å². The summed E-state index contributed by atoms with van der Waals surface area (Å²) in [6.07, 6.45) is 0. The smallest absolute Gasteiger partial charge is 0.131 e. The summed E-state index contributed by atoms with van der Waals surface area (Å²) in [6.45, 7) is 6.29. The minimum Gasteiger partial charge on any atom is -0.457 e. The minimum atomic E-state index is -0.477. The maximum absolute atomic E-state index is 13.3. The van der Waals surface area contributed by atoms with Gasteiger partial charge >= 0.3 is 0 Å². The Kier molecular flexibility index (Phi) is 4.05. The highest BCUT2D eigenvalue weighted by molar-refractivity contribution is 5.42. The molecule has 20 heavy (non-hydrogen) atoms. The summed E-state index contributed by atoms with van der Waals surface area (Å²) >= 11 is 0. The molecule has 0 aliphatic rings. The van der Waals surface area contributed by atoms with Crippen molar-refractivity contribution in [3.05, 3.63) is 58.9 Å². The fraction of sp³-hybridized carbons (Fsp3) is 0.235. The van der Waals surface area contributed by atoms with Crippen molar-refractivity contribution in [2.24, 2.45) is 0 Å². The number of ether oxygens (including phenoxy) is 1. The number of nitrogens with zero attached hydrogens (tertiary/aromatic N) is 1. The fourth-order valence-electron chi connectivity index (χ4n) is 2.18. The van der Waals surface area contributed by atoms with E-state index in [9.17, 15) is 4.39 Å². The second-order valence-corrected chi connectivity index (χ2v) is 5.06. The quantitative estimate of drug-likeness (QED) is 0.792. The zero-order valence-electron chi connectivity index (χ0n) is 11.8. The van der Waals surface area contributed by atoms with Gasteiger partial charge in [-0.15, -0.1) is 0 Å². The van der Waals surface area contributed by atoms with E-state index in [1.807, 2.05) is 31.2 Å². The van der Waals surface area contributed by atoms with Gasteiger partial charge in [0.1, 0.15) is 17.3 Å². The molecular formula is C17H16FNO. The average molecular weight is 269 g/mol. The molecule has 0 spiro atoms. The van der Waals surface area contributed by atoms with Crippen molar-refractivity contribution in [2.75, 3.05) is 0 Å². The molecule has 0 amide bonds. The van der Waals surface area contributed by atoms with Crippen LogP contribution < -0.4 is 4.74 Å². The first-order valence-electron chi connectivity index (χ1n) is 6.48. The normalized spacial score (nSPS) is 10.4. The van der Waals surface area contributed by atoms with E-state index in [0.717, 1.165) is 5.56 Å². The third-order valence-corrected chi connectivity index (χ3v) is 3.10. The zero-order valence-corrected chi connectivity index (χ0v) is 11.8. The number of hydrogen-bond donors (Lipinski definition) is 0. The van der Waals surface area contributed by atoms with Crippen LogP contribution >= 0.6 is 0 Å². The van der Waals surface area contributed by atoms with Crippen LogP contribution in [0, 0.1) is 24.1 Å². The van der Waals surface area contributed by atoms with Gasteiger partial charge in [-0.25, -0.2) is 4.39 Å². The molecule has 2 rings (SSSR count). The van der Waals surface area contributed by atoms with Crippen LogP contribution in [0.3, 0.4) is 0 Å². The van der Waals surface area contributed by atoms with Gasteiger partial charge in [0.15, 0.2) is 0 Å². The summed E-state index contributed by atoms with van der Waals surface area (Å²) in [5.74, 6) is 0.942. The second kappa shape index (κ2) is 5.75. The molecule has 0 unspecified atom stereocenters. The Morgan fingerprint density at radius 1 is 1.10 bits per heavy atom. The molecule has 0 bridgehead atoms. The zero-order chi connectivity index (χ0) is 14.7. The fourth-order valence-corrected chi connectivity index (χ4v) is 2.18. The summed E-state index contributed by atoms with van der Waals surface area (Å²) in [5, 5.41) is 8.82. The summed E-state index contributed by atoms with van der Waals surface area (Å²) < 4.78 is 19.0. The van der Waals surface area contributed by atoms with Crippen molar-refractivity contribution in [2.45, 2.75) is 26.7 Å². The lowest BCUT2D eigenvalue weighted by molar-refractivity contribution is 0.476. The molecule has 0 aliphatic heterocycles. The van der Waals surface area contributed by atoms with E-state index < -0.39 is 5.82 Å². The van der Waals surface area contributed by atoms with Crippen LogP contribution in [0.2, 0.25) is 0 Å². The maximum Gasteiger partial charge on any atom is 0.131 e. The van der Waals surface area contributed by atoms with Gasteiger partial charge < -0.3 is 4.74 Å². The summed E-state index contributed by atoms with van der Waals surface area (Å²) in [7, 11) is 0. The van der Waals surface area contributed by atoms with Crippen molar-refractivity contribution in [3.8, 4) is 17.6 Å². The molecule has 0 saturated carbocycles. The lowest BCUT2D eigenvalue weighted by Gasteiger charge is -2.12. The van der Waals surface area contributed by atoms with Gasteiger partial charge in [-0.3, -0.25) is 0 Å². The van der Waals surface area contributed by atoms with E-state index in [2.05, 4.69) is 13.8 Å². The maximum atomic E-state index is 13.3. The average Bonchev–Trinajstić information content (AvgIpc) is 2.37. The van der Waals surface area contributed by atoms with Gasteiger partial charge in [0.05, 0.1) is 11.6 Å². The van der Waals surface area contributed by atoms with E-state index in [0.29, 0.717) is 17.4 Å². The van der Waals surface area contributed by atoms with E-state index in [-0.39, 0.29) is 5.56 Å². The Balaban J connectivity index is 2.29. The van der Waals surface area contributed by atoms with Crippen molar-refractivity contribution >= 4 is 0 Å². The first kappa shape index (κ1) is 14.1. The van der Waals surface area contributed by atoms with E-state index >= 15 is 0 Å². The van der Waals surface area contributed by atoms with E-state index in [1.54, 1.807) is 0 Å². The predicted molar refractivity (Wildman–Crippen MR) is 76.5 cm³/mol. The number of aryl methyl sites for hydroxylation is 1. The van der Waals surface area contributed by atoms with Gasteiger partial charge in [-0.2, -0.15) is 5.26 Å². The van der Waals surface area contributed by atoms with Gasteiger partial charge in [0, 0.05) is 6.07 Å².